The van der Waals surface area contributed by atoms with Crippen LogP contribution >= 0.6 is 0 Å². The van der Waals surface area contributed by atoms with Crippen molar-refractivity contribution in [1.29, 1.82) is 0 Å². The second kappa shape index (κ2) is 51.0. The Morgan fingerprint density at radius 3 is 0.952 bits per heavy atom. The Balaban J connectivity index is 4.35. The summed E-state index contributed by atoms with van der Waals surface area (Å²) in [6.07, 6.45) is 60.9. The van der Waals surface area contributed by atoms with Gasteiger partial charge in [0.25, 0.3) is 0 Å². The number of hydrogen-bond donors (Lipinski definition) is 0. The van der Waals surface area contributed by atoms with Crippen molar-refractivity contribution in [2.45, 2.75) is 277 Å². The van der Waals surface area contributed by atoms with E-state index in [0.29, 0.717) is 19.3 Å². The van der Waals surface area contributed by atoms with Crippen LogP contribution in [-0.2, 0) is 28.6 Å². The van der Waals surface area contributed by atoms with Gasteiger partial charge >= 0.3 is 17.9 Å². The molecule has 0 aromatic carbocycles. The van der Waals surface area contributed by atoms with E-state index in [4.69, 9.17) is 14.2 Å². The molecule has 0 fully saturated rings. The van der Waals surface area contributed by atoms with Gasteiger partial charge in [-0.05, 0) is 83.5 Å². The molecule has 6 nitrogen and oxygen atoms in total. The minimum atomic E-state index is -0.779. The summed E-state index contributed by atoms with van der Waals surface area (Å²) in [6, 6.07) is 0. The molecule has 62 heavy (non-hydrogen) atoms. The first-order chi connectivity index (χ1) is 30.5. The number of esters is 3. The molecule has 0 unspecified atom stereocenters. The molecule has 0 saturated heterocycles. The normalized spacial score (nSPS) is 12.4. The number of hydrogen-bond acceptors (Lipinski definition) is 6. The van der Waals surface area contributed by atoms with Crippen molar-refractivity contribution in [2.24, 2.45) is 0 Å². The van der Waals surface area contributed by atoms with Crippen LogP contribution in [-0.4, -0.2) is 37.2 Å². The van der Waals surface area contributed by atoms with Crippen LogP contribution in [0.15, 0.2) is 48.6 Å². The lowest BCUT2D eigenvalue weighted by molar-refractivity contribution is -0.167. The monoisotopic (exact) mass is 869 g/mol. The van der Waals surface area contributed by atoms with Crippen LogP contribution in [0.25, 0.3) is 0 Å². The zero-order chi connectivity index (χ0) is 45.1. The fraction of sp³-hybridized carbons (Fsp3) is 0.804. The first-order valence-electron chi connectivity index (χ1n) is 26.6. The van der Waals surface area contributed by atoms with Gasteiger partial charge in [0.1, 0.15) is 13.2 Å². The van der Waals surface area contributed by atoms with Crippen LogP contribution in [0, 0.1) is 0 Å². The Kier molecular flexibility index (Phi) is 48.8. The molecule has 0 amide bonds. The van der Waals surface area contributed by atoms with Crippen molar-refractivity contribution in [1.82, 2.24) is 0 Å². The average Bonchev–Trinajstić information content (AvgIpc) is 3.27. The van der Waals surface area contributed by atoms with Gasteiger partial charge < -0.3 is 14.2 Å². The summed E-state index contributed by atoms with van der Waals surface area (Å²) in [4.78, 5) is 37.9. The summed E-state index contributed by atoms with van der Waals surface area (Å²) >= 11 is 0. The van der Waals surface area contributed by atoms with Crippen LogP contribution < -0.4 is 0 Å². The smallest absolute Gasteiger partial charge is 0.306 e. The van der Waals surface area contributed by atoms with Gasteiger partial charge in [-0.3, -0.25) is 14.4 Å². The molecule has 0 spiro atoms. The van der Waals surface area contributed by atoms with Gasteiger partial charge in [0.2, 0.25) is 0 Å². The van der Waals surface area contributed by atoms with Crippen LogP contribution in [0.4, 0.5) is 0 Å². The molecule has 6 heteroatoms. The van der Waals surface area contributed by atoms with E-state index in [0.717, 1.165) is 89.9 Å². The van der Waals surface area contributed by atoms with Crippen LogP contribution in [0.3, 0.4) is 0 Å². The van der Waals surface area contributed by atoms with Crippen LogP contribution in [0.2, 0.25) is 0 Å². The Labute approximate surface area is 384 Å². The Morgan fingerprint density at radius 1 is 0.323 bits per heavy atom. The molecule has 0 aliphatic heterocycles. The summed E-state index contributed by atoms with van der Waals surface area (Å²) in [5, 5.41) is 0. The highest BCUT2D eigenvalue weighted by Gasteiger charge is 2.19. The number of ether oxygens (including phenoxy) is 3. The van der Waals surface area contributed by atoms with Gasteiger partial charge in [0.05, 0.1) is 0 Å². The van der Waals surface area contributed by atoms with E-state index in [-0.39, 0.29) is 31.1 Å². The predicted octanol–water partition coefficient (Wildman–Crippen LogP) is 17.5. The highest BCUT2D eigenvalue weighted by Crippen LogP contribution is 2.15. The molecule has 0 rings (SSSR count). The molecule has 0 aliphatic carbocycles. The summed E-state index contributed by atoms with van der Waals surface area (Å²) in [5.74, 6) is -0.894. The highest BCUT2D eigenvalue weighted by atomic mass is 16.6. The van der Waals surface area contributed by atoms with Gasteiger partial charge in [0.15, 0.2) is 6.10 Å². The lowest BCUT2D eigenvalue weighted by atomic mass is 10.1. The Bertz CT molecular complexity index is 1090. The van der Waals surface area contributed by atoms with Gasteiger partial charge in [0, 0.05) is 19.3 Å². The van der Waals surface area contributed by atoms with Crippen molar-refractivity contribution < 1.29 is 28.6 Å². The zero-order valence-electron chi connectivity index (χ0n) is 41.1. The molecule has 1 atom stereocenters. The maximum Gasteiger partial charge on any atom is 0.306 e. The van der Waals surface area contributed by atoms with E-state index < -0.39 is 6.10 Å². The fourth-order valence-electron chi connectivity index (χ4n) is 7.50. The van der Waals surface area contributed by atoms with E-state index in [1.54, 1.807) is 0 Å². The van der Waals surface area contributed by atoms with Crippen molar-refractivity contribution in [3.63, 3.8) is 0 Å². The van der Waals surface area contributed by atoms with E-state index in [2.05, 4.69) is 69.4 Å². The molecule has 0 radical (unpaired) electrons. The van der Waals surface area contributed by atoms with Crippen LogP contribution in [0.5, 0.6) is 0 Å². The third-order valence-electron chi connectivity index (χ3n) is 11.6. The summed E-state index contributed by atoms with van der Waals surface area (Å²) in [6.45, 7) is 6.59. The number of allylic oxidation sites excluding steroid dienone is 8. The Hall–Kier alpha value is -2.63. The van der Waals surface area contributed by atoms with E-state index in [9.17, 15) is 14.4 Å². The third kappa shape index (κ3) is 48.4. The van der Waals surface area contributed by atoms with Crippen molar-refractivity contribution >= 4 is 17.9 Å². The molecular weight excluding hydrogens is 769 g/mol. The van der Waals surface area contributed by atoms with Crippen molar-refractivity contribution in [3.8, 4) is 0 Å². The van der Waals surface area contributed by atoms with Gasteiger partial charge in [-0.15, -0.1) is 0 Å². The number of carbonyl (C=O) groups is 3. The van der Waals surface area contributed by atoms with Crippen molar-refractivity contribution in [2.75, 3.05) is 13.2 Å². The van der Waals surface area contributed by atoms with E-state index in [1.165, 1.54) is 141 Å². The molecule has 0 aliphatic rings. The molecular formula is C56H100O6. The van der Waals surface area contributed by atoms with E-state index >= 15 is 0 Å². The summed E-state index contributed by atoms with van der Waals surface area (Å²) < 4.78 is 16.8. The number of unbranched alkanes of at least 4 members (excludes halogenated alkanes) is 29. The first kappa shape index (κ1) is 59.4. The van der Waals surface area contributed by atoms with E-state index in [1.807, 2.05) is 0 Å². The summed E-state index contributed by atoms with van der Waals surface area (Å²) in [5.41, 5.74) is 0. The summed E-state index contributed by atoms with van der Waals surface area (Å²) in [7, 11) is 0. The molecule has 0 bridgehead atoms. The van der Waals surface area contributed by atoms with Gasteiger partial charge in [-0.1, -0.05) is 217 Å². The average molecular weight is 869 g/mol. The number of rotatable bonds is 48. The molecule has 0 heterocycles. The SMILES string of the molecule is CCCCC/C=C\C/C=C\C/C=C\CCCCCCCCC(=O)OC[C@@H](COC(=O)CCCCCCCCCCCC)OC(=O)CCCCCCC/C=C\CCCCCCCC. The Morgan fingerprint density at radius 2 is 0.581 bits per heavy atom. The van der Waals surface area contributed by atoms with Crippen molar-refractivity contribution in [3.05, 3.63) is 48.6 Å². The minimum absolute atomic E-state index is 0.0786. The molecule has 360 valence electrons. The zero-order valence-corrected chi connectivity index (χ0v) is 41.1. The largest absolute Gasteiger partial charge is 0.462 e. The second-order valence-corrected chi connectivity index (χ2v) is 17.8. The molecule has 0 N–H and O–H groups in total. The lowest BCUT2D eigenvalue weighted by Crippen LogP contribution is -2.30. The maximum absolute atomic E-state index is 12.8. The molecule has 0 aromatic rings. The fourth-order valence-corrected chi connectivity index (χ4v) is 7.50. The maximum atomic E-state index is 12.8. The lowest BCUT2D eigenvalue weighted by Gasteiger charge is -2.18. The van der Waals surface area contributed by atoms with Crippen LogP contribution in [0.1, 0.15) is 271 Å². The highest BCUT2D eigenvalue weighted by molar-refractivity contribution is 5.71. The quantitative estimate of drug-likeness (QED) is 0.0262. The molecule has 0 saturated carbocycles. The first-order valence-corrected chi connectivity index (χ1v) is 26.6. The topological polar surface area (TPSA) is 78.9 Å². The third-order valence-corrected chi connectivity index (χ3v) is 11.6. The second-order valence-electron chi connectivity index (χ2n) is 17.8. The number of carbonyl (C=O) groups excluding carboxylic acids is 3. The molecule has 0 aromatic heterocycles. The van der Waals surface area contributed by atoms with Gasteiger partial charge in [-0.2, -0.15) is 0 Å². The standard InChI is InChI=1S/C56H100O6/c1-4-7-10-13-16-19-22-24-26-27-28-29-31-32-34-37-40-43-46-49-55(58)61-52-53(51-60-54(57)48-45-42-39-36-21-18-15-12-9-6-3)62-56(59)50-47-44-41-38-35-33-30-25-23-20-17-14-11-8-5-2/h16,19,24-26,28-30,53H,4-15,17-18,20-23,27,31-52H2,1-3H3/b19-16-,26-24-,29-28-,30-25-/t53-/m1/s1. The predicted molar refractivity (Wildman–Crippen MR) is 265 cm³/mol. The minimum Gasteiger partial charge on any atom is -0.462 e. The van der Waals surface area contributed by atoms with Gasteiger partial charge in [-0.25, -0.2) is 0 Å².